The van der Waals surface area contributed by atoms with Gasteiger partial charge in [0.05, 0.1) is 10.6 Å². The maximum absolute atomic E-state index is 14.5. The Kier molecular flexibility index (Phi) is 7.33. The minimum Gasteiger partial charge on any atom is -0.327 e. The molecule has 1 N–H and O–H groups in total. The molecule has 128 valence electrons. The van der Waals surface area contributed by atoms with E-state index >= 15 is 0 Å². The van der Waals surface area contributed by atoms with Crippen LogP contribution in [0.5, 0.6) is 0 Å². The topological polar surface area (TPSA) is 29.9 Å². The molecule has 1 aromatic heterocycles. The van der Waals surface area contributed by atoms with Gasteiger partial charge in [0, 0.05) is 18.4 Å². The Hall–Kier alpha value is -0.810. The highest BCUT2D eigenvalue weighted by Crippen LogP contribution is 2.35. The molecular weight excluding hydrogens is 360 g/mol. The Morgan fingerprint density at radius 3 is 2.78 bits per heavy atom. The summed E-state index contributed by atoms with van der Waals surface area (Å²) in [5.41, 5.74) is 0.995. The standard InChI is InChI=1S/C16H19ClFN3.2ClH/c1-10-3-4-12(17)14(15(10)18)16-20-7-8-21(16)13-5-6-19-9-11(13)2;;/h3-4,7-8,11,13,19H,5-6,9H2,1-2H3;2*1H/t11-,13+;;/m1../s1. The highest BCUT2D eigenvalue weighted by Gasteiger charge is 2.26. The first-order chi connectivity index (χ1) is 10.1. The van der Waals surface area contributed by atoms with Crippen LogP contribution in [0.25, 0.3) is 11.4 Å². The third-order valence-corrected chi connectivity index (χ3v) is 4.59. The zero-order valence-electron chi connectivity index (χ0n) is 13.1. The second-order valence-corrected chi connectivity index (χ2v) is 6.16. The molecule has 23 heavy (non-hydrogen) atoms. The van der Waals surface area contributed by atoms with E-state index in [-0.39, 0.29) is 30.6 Å². The summed E-state index contributed by atoms with van der Waals surface area (Å²) >= 11 is 6.23. The Morgan fingerprint density at radius 1 is 1.35 bits per heavy atom. The van der Waals surface area contributed by atoms with E-state index in [1.807, 2.05) is 6.20 Å². The number of imidazole rings is 1. The molecule has 3 rings (SSSR count). The second kappa shape index (κ2) is 8.34. The van der Waals surface area contributed by atoms with Crippen molar-refractivity contribution < 1.29 is 4.39 Å². The summed E-state index contributed by atoms with van der Waals surface area (Å²) in [4.78, 5) is 4.38. The van der Waals surface area contributed by atoms with Gasteiger partial charge in [0.15, 0.2) is 0 Å². The lowest BCUT2D eigenvalue weighted by molar-refractivity contribution is 0.275. The van der Waals surface area contributed by atoms with Gasteiger partial charge in [0.1, 0.15) is 11.6 Å². The van der Waals surface area contributed by atoms with Crippen molar-refractivity contribution in [3.8, 4) is 11.4 Å². The molecule has 0 radical (unpaired) electrons. The molecule has 1 saturated heterocycles. The average Bonchev–Trinajstić information content (AvgIpc) is 2.93. The molecule has 3 nitrogen and oxygen atoms in total. The third kappa shape index (κ3) is 3.82. The predicted octanol–water partition coefficient (Wildman–Crippen LogP) is 4.67. The lowest BCUT2D eigenvalue weighted by Crippen LogP contribution is -2.36. The van der Waals surface area contributed by atoms with Gasteiger partial charge in [-0.05, 0) is 44.0 Å². The van der Waals surface area contributed by atoms with Crippen LogP contribution in [0.4, 0.5) is 4.39 Å². The summed E-state index contributed by atoms with van der Waals surface area (Å²) in [5, 5.41) is 3.79. The van der Waals surface area contributed by atoms with Crippen molar-refractivity contribution in [1.82, 2.24) is 14.9 Å². The van der Waals surface area contributed by atoms with Crippen molar-refractivity contribution >= 4 is 36.4 Å². The number of rotatable bonds is 2. The highest BCUT2D eigenvalue weighted by molar-refractivity contribution is 6.33. The van der Waals surface area contributed by atoms with Gasteiger partial charge in [-0.15, -0.1) is 24.8 Å². The zero-order valence-corrected chi connectivity index (χ0v) is 15.4. The van der Waals surface area contributed by atoms with E-state index in [9.17, 15) is 4.39 Å². The number of nitrogens with one attached hydrogen (secondary N) is 1. The molecule has 1 aliphatic heterocycles. The minimum atomic E-state index is -0.281. The molecule has 1 aromatic carbocycles. The summed E-state index contributed by atoms with van der Waals surface area (Å²) in [6.07, 6.45) is 4.66. The maximum atomic E-state index is 14.5. The fraction of sp³-hybridized carbons (Fsp3) is 0.438. The molecule has 2 aromatic rings. The van der Waals surface area contributed by atoms with Crippen molar-refractivity contribution in [3.05, 3.63) is 40.9 Å². The highest BCUT2D eigenvalue weighted by atomic mass is 35.5. The molecule has 1 aliphatic rings. The molecule has 0 spiro atoms. The molecule has 7 heteroatoms. The second-order valence-electron chi connectivity index (χ2n) is 5.75. The number of halogens is 4. The number of aromatic nitrogens is 2. The number of nitrogens with zero attached hydrogens (tertiary/aromatic N) is 2. The maximum Gasteiger partial charge on any atom is 0.144 e. The zero-order chi connectivity index (χ0) is 15.0. The van der Waals surface area contributed by atoms with Crippen LogP contribution >= 0.6 is 36.4 Å². The van der Waals surface area contributed by atoms with E-state index in [4.69, 9.17) is 11.6 Å². The van der Waals surface area contributed by atoms with Gasteiger partial charge in [-0.2, -0.15) is 0 Å². The van der Waals surface area contributed by atoms with Gasteiger partial charge in [0.25, 0.3) is 0 Å². The molecule has 0 saturated carbocycles. The summed E-state index contributed by atoms with van der Waals surface area (Å²) in [6, 6.07) is 3.75. The van der Waals surface area contributed by atoms with Crippen molar-refractivity contribution in [2.75, 3.05) is 13.1 Å². The van der Waals surface area contributed by atoms with Crippen LogP contribution in [0.15, 0.2) is 24.5 Å². The molecule has 0 amide bonds. The summed E-state index contributed by atoms with van der Waals surface area (Å²) in [6.45, 7) is 5.88. The first-order valence-corrected chi connectivity index (χ1v) is 7.66. The van der Waals surface area contributed by atoms with Gasteiger partial charge in [-0.3, -0.25) is 0 Å². The molecule has 1 fully saturated rings. The quantitative estimate of drug-likeness (QED) is 0.821. The number of hydrogen-bond donors (Lipinski definition) is 1. The Bertz CT molecular complexity index is 660. The monoisotopic (exact) mass is 379 g/mol. The minimum absolute atomic E-state index is 0. The lowest BCUT2D eigenvalue weighted by atomic mass is 9.94. The molecule has 0 unspecified atom stereocenters. The molecule has 2 atom stereocenters. The largest absolute Gasteiger partial charge is 0.327 e. The van der Waals surface area contributed by atoms with Gasteiger partial charge in [-0.25, -0.2) is 9.37 Å². The first-order valence-electron chi connectivity index (χ1n) is 7.28. The van der Waals surface area contributed by atoms with E-state index < -0.39 is 0 Å². The average molecular weight is 381 g/mol. The van der Waals surface area contributed by atoms with Crippen LogP contribution < -0.4 is 5.32 Å². The van der Waals surface area contributed by atoms with E-state index in [0.717, 1.165) is 19.5 Å². The van der Waals surface area contributed by atoms with Crippen LogP contribution in [0.2, 0.25) is 5.02 Å². The lowest BCUT2D eigenvalue weighted by Gasteiger charge is -2.31. The Labute approximate surface area is 153 Å². The van der Waals surface area contributed by atoms with Crippen LogP contribution in [0, 0.1) is 18.7 Å². The van der Waals surface area contributed by atoms with E-state index in [0.29, 0.717) is 33.9 Å². The van der Waals surface area contributed by atoms with Crippen molar-refractivity contribution in [3.63, 3.8) is 0 Å². The Balaban J connectivity index is 0.00000132. The smallest absolute Gasteiger partial charge is 0.144 e. The first kappa shape index (κ1) is 20.2. The number of aryl methyl sites for hydroxylation is 1. The molecular formula is C16H21Cl3FN3. The predicted molar refractivity (Wildman–Crippen MR) is 97.6 cm³/mol. The summed E-state index contributed by atoms with van der Waals surface area (Å²) in [5.74, 6) is 0.815. The number of piperidine rings is 1. The normalized spacial score (nSPS) is 20.5. The van der Waals surface area contributed by atoms with Crippen molar-refractivity contribution in [2.24, 2.45) is 5.92 Å². The fourth-order valence-electron chi connectivity index (χ4n) is 3.05. The fourth-order valence-corrected chi connectivity index (χ4v) is 3.28. The SMILES string of the molecule is Cc1ccc(Cl)c(-c2nccn2[C@H]2CCNC[C@H]2C)c1F.Cl.Cl. The number of benzene rings is 1. The Morgan fingerprint density at radius 2 is 2.09 bits per heavy atom. The van der Waals surface area contributed by atoms with Crippen LogP contribution in [-0.4, -0.2) is 22.6 Å². The van der Waals surface area contributed by atoms with Gasteiger partial charge in [0.2, 0.25) is 0 Å². The van der Waals surface area contributed by atoms with Gasteiger partial charge < -0.3 is 9.88 Å². The molecule has 2 heterocycles. The van der Waals surface area contributed by atoms with E-state index in [2.05, 4.69) is 21.8 Å². The third-order valence-electron chi connectivity index (χ3n) is 4.27. The van der Waals surface area contributed by atoms with E-state index in [1.54, 1.807) is 25.3 Å². The summed E-state index contributed by atoms with van der Waals surface area (Å²) < 4.78 is 16.6. The van der Waals surface area contributed by atoms with Crippen LogP contribution in [0.1, 0.15) is 24.9 Å². The van der Waals surface area contributed by atoms with Crippen molar-refractivity contribution in [2.45, 2.75) is 26.3 Å². The molecule has 0 bridgehead atoms. The van der Waals surface area contributed by atoms with Crippen LogP contribution in [0.3, 0.4) is 0 Å². The van der Waals surface area contributed by atoms with Gasteiger partial charge in [-0.1, -0.05) is 24.6 Å². The summed E-state index contributed by atoms with van der Waals surface area (Å²) in [7, 11) is 0. The van der Waals surface area contributed by atoms with Crippen LogP contribution in [-0.2, 0) is 0 Å². The van der Waals surface area contributed by atoms with Crippen molar-refractivity contribution in [1.29, 1.82) is 0 Å². The van der Waals surface area contributed by atoms with E-state index in [1.165, 1.54) is 0 Å². The number of hydrogen-bond acceptors (Lipinski definition) is 2. The van der Waals surface area contributed by atoms with Gasteiger partial charge >= 0.3 is 0 Å². The molecule has 0 aliphatic carbocycles.